The maximum absolute atomic E-state index is 5.51. The van der Waals surface area contributed by atoms with Gasteiger partial charge in [-0.2, -0.15) is 0 Å². The van der Waals surface area contributed by atoms with Gasteiger partial charge in [-0.05, 0) is 13.8 Å². The molecule has 0 aromatic carbocycles. The molecule has 0 amide bonds. The fourth-order valence-electron chi connectivity index (χ4n) is 1.04. The fraction of sp³-hybridized carbons (Fsp3) is 0.556. The molecule has 78 valence electrons. The van der Waals surface area contributed by atoms with Crippen LogP contribution in [0.1, 0.15) is 13.8 Å². The van der Waals surface area contributed by atoms with Crippen LogP contribution in [0.25, 0.3) is 0 Å². The first kappa shape index (κ1) is 10.7. The zero-order valence-electron chi connectivity index (χ0n) is 8.53. The van der Waals surface area contributed by atoms with Gasteiger partial charge in [0.2, 0.25) is 0 Å². The monoisotopic (exact) mass is 196 g/mol. The van der Waals surface area contributed by atoms with Crippen molar-refractivity contribution in [3.63, 3.8) is 0 Å². The lowest BCUT2D eigenvalue weighted by atomic mass is 10.3. The van der Waals surface area contributed by atoms with Gasteiger partial charge in [-0.1, -0.05) is 0 Å². The van der Waals surface area contributed by atoms with Gasteiger partial charge in [-0.15, -0.1) is 0 Å². The molecule has 1 aromatic rings. The van der Waals surface area contributed by atoms with E-state index in [1.165, 1.54) is 6.33 Å². The number of nitrogens with two attached hydrogens (primary N) is 1. The molecule has 0 radical (unpaired) electrons. The summed E-state index contributed by atoms with van der Waals surface area (Å²) in [6.07, 6.45) is 1.44. The van der Waals surface area contributed by atoms with Crippen LogP contribution in [0, 0.1) is 0 Å². The van der Waals surface area contributed by atoms with E-state index >= 15 is 0 Å². The molecule has 5 nitrogen and oxygen atoms in total. The van der Waals surface area contributed by atoms with Crippen LogP contribution in [-0.4, -0.2) is 29.2 Å². The van der Waals surface area contributed by atoms with Crippen molar-refractivity contribution in [1.82, 2.24) is 9.97 Å². The van der Waals surface area contributed by atoms with Crippen LogP contribution in [0.2, 0.25) is 0 Å². The second-order valence-electron chi connectivity index (χ2n) is 3.03. The van der Waals surface area contributed by atoms with Crippen LogP contribution < -0.4 is 11.1 Å². The first-order valence-electron chi connectivity index (χ1n) is 4.64. The molecule has 0 spiro atoms. The molecule has 1 atom stereocenters. The standard InChI is InChI=1S/C9H16N4O/c1-3-14-5-7(2)13-9-4-8(10)11-6-12-9/h4,6-7H,3,5H2,1-2H3,(H3,10,11,12,13). The minimum atomic E-state index is 0.212. The summed E-state index contributed by atoms with van der Waals surface area (Å²) in [5.41, 5.74) is 5.51. The second kappa shape index (κ2) is 5.39. The molecule has 0 aliphatic carbocycles. The van der Waals surface area contributed by atoms with Gasteiger partial charge < -0.3 is 15.8 Å². The van der Waals surface area contributed by atoms with Crippen molar-refractivity contribution >= 4 is 11.6 Å². The molecule has 14 heavy (non-hydrogen) atoms. The van der Waals surface area contributed by atoms with Gasteiger partial charge in [0.25, 0.3) is 0 Å². The first-order valence-corrected chi connectivity index (χ1v) is 4.64. The Morgan fingerprint density at radius 3 is 3.00 bits per heavy atom. The zero-order chi connectivity index (χ0) is 10.4. The number of rotatable bonds is 5. The highest BCUT2D eigenvalue weighted by Crippen LogP contribution is 2.06. The van der Waals surface area contributed by atoms with Gasteiger partial charge >= 0.3 is 0 Å². The van der Waals surface area contributed by atoms with Crippen molar-refractivity contribution in [2.45, 2.75) is 19.9 Å². The average Bonchev–Trinajstić information content (AvgIpc) is 2.15. The second-order valence-corrected chi connectivity index (χ2v) is 3.03. The molecule has 1 rings (SSSR count). The molecule has 5 heteroatoms. The lowest BCUT2D eigenvalue weighted by Gasteiger charge is -2.13. The molecule has 1 unspecified atom stereocenters. The molecule has 0 aliphatic heterocycles. The van der Waals surface area contributed by atoms with Crippen molar-refractivity contribution in [2.75, 3.05) is 24.3 Å². The van der Waals surface area contributed by atoms with E-state index in [0.717, 1.165) is 12.4 Å². The van der Waals surface area contributed by atoms with E-state index < -0.39 is 0 Å². The SMILES string of the molecule is CCOCC(C)Nc1cc(N)ncn1. The fourth-order valence-corrected chi connectivity index (χ4v) is 1.04. The molecule has 0 saturated carbocycles. The number of aromatic nitrogens is 2. The Morgan fingerprint density at radius 1 is 1.57 bits per heavy atom. The number of anilines is 2. The van der Waals surface area contributed by atoms with E-state index in [9.17, 15) is 0 Å². The molecular weight excluding hydrogens is 180 g/mol. The third-order valence-corrected chi connectivity index (χ3v) is 1.65. The Labute approximate surface area is 83.7 Å². The number of nitrogens with one attached hydrogen (secondary N) is 1. The Bertz CT molecular complexity index is 279. The number of ether oxygens (including phenoxy) is 1. The summed E-state index contributed by atoms with van der Waals surface area (Å²) < 4.78 is 5.26. The maximum Gasteiger partial charge on any atom is 0.131 e. The number of nitrogens with zero attached hydrogens (tertiary/aromatic N) is 2. The predicted octanol–water partition coefficient (Wildman–Crippen LogP) is 0.896. The highest BCUT2D eigenvalue weighted by molar-refractivity contribution is 5.43. The summed E-state index contributed by atoms with van der Waals surface area (Å²) in [7, 11) is 0. The maximum atomic E-state index is 5.51. The van der Waals surface area contributed by atoms with E-state index in [1.54, 1.807) is 6.07 Å². The number of hydrogen-bond donors (Lipinski definition) is 2. The summed E-state index contributed by atoms with van der Waals surface area (Å²) in [5, 5.41) is 3.16. The van der Waals surface area contributed by atoms with E-state index in [2.05, 4.69) is 15.3 Å². The third-order valence-electron chi connectivity index (χ3n) is 1.65. The molecule has 0 saturated heterocycles. The molecular formula is C9H16N4O. The van der Waals surface area contributed by atoms with Crippen LogP contribution in [0.4, 0.5) is 11.6 Å². The first-order chi connectivity index (χ1) is 6.72. The van der Waals surface area contributed by atoms with Gasteiger partial charge in [0, 0.05) is 18.7 Å². The lowest BCUT2D eigenvalue weighted by molar-refractivity contribution is 0.141. The van der Waals surface area contributed by atoms with Crippen LogP contribution >= 0.6 is 0 Å². The summed E-state index contributed by atoms with van der Waals surface area (Å²) in [5.74, 6) is 1.19. The van der Waals surface area contributed by atoms with Crippen LogP contribution in [0.3, 0.4) is 0 Å². The van der Waals surface area contributed by atoms with E-state index in [-0.39, 0.29) is 6.04 Å². The van der Waals surface area contributed by atoms with Crippen molar-refractivity contribution in [3.8, 4) is 0 Å². The van der Waals surface area contributed by atoms with Crippen molar-refractivity contribution < 1.29 is 4.74 Å². The van der Waals surface area contributed by atoms with E-state index in [0.29, 0.717) is 12.4 Å². The molecule has 0 bridgehead atoms. The third kappa shape index (κ3) is 3.57. The van der Waals surface area contributed by atoms with Crippen LogP contribution in [0.5, 0.6) is 0 Å². The van der Waals surface area contributed by atoms with E-state index in [4.69, 9.17) is 10.5 Å². The highest BCUT2D eigenvalue weighted by Gasteiger charge is 2.02. The lowest BCUT2D eigenvalue weighted by Crippen LogP contribution is -2.22. The average molecular weight is 196 g/mol. The zero-order valence-corrected chi connectivity index (χ0v) is 8.53. The van der Waals surface area contributed by atoms with Gasteiger partial charge in [0.05, 0.1) is 6.61 Å². The normalized spacial score (nSPS) is 12.4. The molecule has 0 aliphatic rings. The van der Waals surface area contributed by atoms with Crippen molar-refractivity contribution in [3.05, 3.63) is 12.4 Å². The quantitative estimate of drug-likeness (QED) is 0.731. The Hall–Kier alpha value is -1.36. The summed E-state index contributed by atoms with van der Waals surface area (Å²) in [6.45, 7) is 5.36. The number of nitrogen functional groups attached to an aromatic ring is 1. The van der Waals surface area contributed by atoms with Crippen molar-refractivity contribution in [1.29, 1.82) is 0 Å². The summed E-state index contributed by atoms with van der Waals surface area (Å²) in [6, 6.07) is 1.91. The van der Waals surface area contributed by atoms with Gasteiger partial charge in [0.1, 0.15) is 18.0 Å². The van der Waals surface area contributed by atoms with E-state index in [1.807, 2.05) is 13.8 Å². The van der Waals surface area contributed by atoms with Gasteiger partial charge in [-0.3, -0.25) is 0 Å². The Morgan fingerprint density at radius 2 is 2.36 bits per heavy atom. The van der Waals surface area contributed by atoms with Crippen molar-refractivity contribution in [2.24, 2.45) is 0 Å². The summed E-state index contributed by atoms with van der Waals surface area (Å²) >= 11 is 0. The minimum absolute atomic E-state index is 0.212. The van der Waals surface area contributed by atoms with Gasteiger partial charge in [-0.25, -0.2) is 9.97 Å². The largest absolute Gasteiger partial charge is 0.384 e. The van der Waals surface area contributed by atoms with Crippen LogP contribution in [-0.2, 0) is 4.74 Å². The van der Waals surface area contributed by atoms with Crippen LogP contribution in [0.15, 0.2) is 12.4 Å². The summed E-state index contributed by atoms with van der Waals surface area (Å²) in [4.78, 5) is 7.83. The predicted molar refractivity (Wildman–Crippen MR) is 56.0 cm³/mol. The Balaban J connectivity index is 2.43. The van der Waals surface area contributed by atoms with Gasteiger partial charge in [0.15, 0.2) is 0 Å². The topological polar surface area (TPSA) is 73.1 Å². The molecule has 3 N–H and O–H groups in total. The smallest absolute Gasteiger partial charge is 0.131 e. The Kier molecular flexibility index (Phi) is 4.12. The molecule has 1 heterocycles. The number of hydrogen-bond acceptors (Lipinski definition) is 5. The molecule has 0 fully saturated rings. The highest BCUT2D eigenvalue weighted by atomic mass is 16.5. The minimum Gasteiger partial charge on any atom is -0.384 e. The molecule has 1 aromatic heterocycles.